The third-order valence-corrected chi connectivity index (χ3v) is 4.89. The van der Waals surface area contributed by atoms with E-state index < -0.39 is 0 Å². The minimum Gasteiger partial charge on any atom is -0.340 e. The SMILES string of the molecule is O=C(C1CNC1)N1CCN(Cc2cn3cc(Cl)ccc3n2)CC1. The molecule has 23 heavy (non-hydrogen) atoms. The molecule has 0 atom stereocenters. The number of carbonyl (C=O) groups excluding carboxylic acids is 1. The molecule has 1 N–H and O–H groups in total. The molecule has 2 aromatic rings. The first kappa shape index (κ1) is 14.9. The number of nitrogens with zero attached hydrogens (tertiary/aromatic N) is 4. The van der Waals surface area contributed by atoms with Gasteiger partial charge in [0.1, 0.15) is 5.65 Å². The molecule has 6 nitrogen and oxygen atoms in total. The Morgan fingerprint density at radius 3 is 2.70 bits per heavy atom. The smallest absolute Gasteiger partial charge is 0.228 e. The molecule has 0 aliphatic carbocycles. The van der Waals surface area contributed by atoms with Crippen LogP contribution in [0.1, 0.15) is 5.69 Å². The normalized spacial score (nSPS) is 20.0. The minimum absolute atomic E-state index is 0.199. The van der Waals surface area contributed by atoms with Gasteiger partial charge in [-0.15, -0.1) is 0 Å². The van der Waals surface area contributed by atoms with E-state index in [1.807, 2.05) is 33.8 Å². The van der Waals surface area contributed by atoms with Gasteiger partial charge in [-0.05, 0) is 12.1 Å². The first-order valence-corrected chi connectivity index (χ1v) is 8.42. The van der Waals surface area contributed by atoms with Crippen molar-refractivity contribution in [3.05, 3.63) is 35.2 Å². The number of rotatable bonds is 3. The van der Waals surface area contributed by atoms with Gasteiger partial charge in [0.25, 0.3) is 0 Å². The maximum absolute atomic E-state index is 12.2. The fourth-order valence-corrected chi connectivity index (χ4v) is 3.34. The summed E-state index contributed by atoms with van der Waals surface area (Å²) in [5.74, 6) is 0.510. The average molecular weight is 334 g/mol. The van der Waals surface area contributed by atoms with Crippen molar-refractivity contribution < 1.29 is 4.79 Å². The van der Waals surface area contributed by atoms with Crippen LogP contribution >= 0.6 is 11.6 Å². The monoisotopic (exact) mass is 333 g/mol. The number of piperazine rings is 1. The van der Waals surface area contributed by atoms with Gasteiger partial charge >= 0.3 is 0 Å². The molecule has 2 aromatic heterocycles. The van der Waals surface area contributed by atoms with Crippen molar-refractivity contribution in [3.8, 4) is 0 Å². The van der Waals surface area contributed by atoms with E-state index in [1.54, 1.807) is 0 Å². The Morgan fingerprint density at radius 2 is 2.00 bits per heavy atom. The molecule has 0 radical (unpaired) electrons. The van der Waals surface area contributed by atoms with Crippen molar-refractivity contribution in [1.29, 1.82) is 0 Å². The zero-order valence-corrected chi connectivity index (χ0v) is 13.7. The molecule has 2 aliphatic heterocycles. The molecule has 7 heteroatoms. The van der Waals surface area contributed by atoms with E-state index in [0.717, 1.165) is 57.2 Å². The molecule has 0 saturated carbocycles. The van der Waals surface area contributed by atoms with Crippen LogP contribution in [0.5, 0.6) is 0 Å². The number of carbonyl (C=O) groups is 1. The number of nitrogens with one attached hydrogen (secondary N) is 1. The summed E-state index contributed by atoms with van der Waals surface area (Å²) >= 11 is 6.01. The quantitative estimate of drug-likeness (QED) is 0.905. The molecule has 122 valence electrons. The van der Waals surface area contributed by atoms with Crippen LogP contribution in [0.3, 0.4) is 0 Å². The molecular weight excluding hydrogens is 314 g/mol. The van der Waals surface area contributed by atoms with E-state index in [4.69, 9.17) is 11.6 Å². The lowest BCUT2D eigenvalue weighted by Gasteiger charge is -2.38. The lowest BCUT2D eigenvalue weighted by atomic mass is 10.0. The number of fused-ring (bicyclic) bond motifs is 1. The third kappa shape index (κ3) is 3.06. The zero-order valence-electron chi connectivity index (χ0n) is 12.9. The van der Waals surface area contributed by atoms with Gasteiger partial charge in [0.2, 0.25) is 5.91 Å². The number of imidazole rings is 1. The van der Waals surface area contributed by atoms with E-state index in [0.29, 0.717) is 10.9 Å². The fraction of sp³-hybridized carbons (Fsp3) is 0.500. The van der Waals surface area contributed by atoms with E-state index in [1.165, 1.54) is 0 Å². The Balaban J connectivity index is 1.35. The maximum Gasteiger partial charge on any atom is 0.228 e. The van der Waals surface area contributed by atoms with Crippen LogP contribution in [0.15, 0.2) is 24.5 Å². The molecule has 2 fully saturated rings. The number of hydrogen-bond donors (Lipinski definition) is 1. The minimum atomic E-state index is 0.199. The zero-order chi connectivity index (χ0) is 15.8. The summed E-state index contributed by atoms with van der Waals surface area (Å²) in [7, 11) is 0. The summed E-state index contributed by atoms with van der Waals surface area (Å²) in [5.41, 5.74) is 1.95. The Bertz CT molecular complexity index is 718. The average Bonchev–Trinajstić information content (AvgIpc) is 2.87. The number of amides is 1. The summed E-state index contributed by atoms with van der Waals surface area (Å²) in [6.07, 6.45) is 3.90. The van der Waals surface area contributed by atoms with Gasteiger partial charge in [0.05, 0.1) is 16.6 Å². The lowest BCUT2D eigenvalue weighted by molar-refractivity contribution is -0.138. The van der Waals surface area contributed by atoms with E-state index in [-0.39, 0.29) is 5.92 Å². The predicted octanol–water partition coefficient (Wildman–Crippen LogP) is 0.851. The van der Waals surface area contributed by atoms with Crippen LogP contribution in [-0.2, 0) is 11.3 Å². The van der Waals surface area contributed by atoms with Crippen LogP contribution in [0, 0.1) is 5.92 Å². The number of pyridine rings is 1. The summed E-state index contributed by atoms with van der Waals surface area (Å²) in [6, 6.07) is 3.78. The van der Waals surface area contributed by atoms with Crippen molar-refractivity contribution in [1.82, 2.24) is 24.5 Å². The Hall–Kier alpha value is -1.63. The van der Waals surface area contributed by atoms with Crippen LogP contribution in [0.25, 0.3) is 5.65 Å². The van der Waals surface area contributed by atoms with Gasteiger partial charge < -0.3 is 14.6 Å². The van der Waals surface area contributed by atoms with E-state index in [2.05, 4.69) is 15.2 Å². The van der Waals surface area contributed by atoms with Gasteiger partial charge in [-0.1, -0.05) is 11.6 Å². The molecule has 1 amide bonds. The van der Waals surface area contributed by atoms with Crippen molar-refractivity contribution in [3.63, 3.8) is 0 Å². The topological polar surface area (TPSA) is 52.9 Å². The second-order valence-corrected chi connectivity index (χ2v) is 6.74. The molecule has 4 heterocycles. The third-order valence-electron chi connectivity index (χ3n) is 4.67. The molecule has 2 aliphatic rings. The van der Waals surface area contributed by atoms with E-state index >= 15 is 0 Å². The van der Waals surface area contributed by atoms with Gasteiger partial charge in [0.15, 0.2) is 0 Å². The van der Waals surface area contributed by atoms with Crippen LogP contribution in [0.2, 0.25) is 5.02 Å². The molecule has 2 saturated heterocycles. The fourth-order valence-electron chi connectivity index (χ4n) is 3.17. The molecule has 0 bridgehead atoms. The Morgan fingerprint density at radius 1 is 1.22 bits per heavy atom. The van der Waals surface area contributed by atoms with Gasteiger partial charge in [-0.2, -0.15) is 0 Å². The number of aromatic nitrogens is 2. The highest BCUT2D eigenvalue weighted by atomic mass is 35.5. The predicted molar refractivity (Wildman–Crippen MR) is 88.4 cm³/mol. The van der Waals surface area contributed by atoms with Crippen LogP contribution < -0.4 is 5.32 Å². The molecule has 0 unspecified atom stereocenters. The standard InChI is InChI=1S/C16H20ClN5O/c17-13-1-2-15-19-14(11-22(15)9-13)10-20-3-5-21(6-4-20)16(23)12-7-18-8-12/h1-2,9,11-12,18H,3-8,10H2. The highest BCUT2D eigenvalue weighted by Gasteiger charge is 2.31. The highest BCUT2D eigenvalue weighted by molar-refractivity contribution is 6.30. The maximum atomic E-state index is 12.2. The van der Waals surface area contributed by atoms with Gasteiger partial charge in [-0.25, -0.2) is 4.98 Å². The largest absolute Gasteiger partial charge is 0.340 e. The summed E-state index contributed by atoms with van der Waals surface area (Å²) in [4.78, 5) is 21.2. The summed E-state index contributed by atoms with van der Waals surface area (Å²) in [6.45, 7) is 5.92. The second-order valence-electron chi connectivity index (χ2n) is 6.30. The first-order chi connectivity index (χ1) is 11.2. The van der Waals surface area contributed by atoms with Crippen LogP contribution in [0.4, 0.5) is 0 Å². The first-order valence-electron chi connectivity index (χ1n) is 8.04. The highest BCUT2D eigenvalue weighted by Crippen LogP contribution is 2.15. The Labute approximate surface area is 140 Å². The number of hydrogen-bond acceptors (Lipinski definition) is 4. The number of halogens is 1. The van der Waals surface area contributed by atoms with Gasteiger partial charge in [-0.3, -0.25) is 9.69 Å². The molecule has 0 spiro atoms. The Kier molecular flexibility index (Phi) is 3.97. The second kappa shape index (κ2) is 6.11. The molecule has 0 aromatic carbocycles. The van der Waals surface area contributed by atoms with Crippen molar-refractivity contribution >= 4 is 23.2 Å². The summed E-state index contributed by atoms with van der Waals surface area (Å²) < 4.78 is 1.96. The van der Waals surface area contributed by atoms with Gasteiger partial charge in [0, 0.05) is 58.2 Å². The van der Waals surface area contributed by atoms with Crippen molar-refractivity contribution in [2.45, 2.75) is 6.54 Å². The summed E-state index contributed by atoms with van der Waals surface area (Å²) in [5, 5.41) is 3.87. The lowest BCUT2D eigenvalue weighted by Crippen LogP contribution is -2.56. The van der Waals surface area contributed by atoms with Crippen molar-refractivity contribution in [2.24, 2.45) is 5.92 Å². The van der Waals surface area contributed by atoms with Crippen molar-refractivity contribution in [2.75, 3.05) is 39.3 Å². The van der Waals surface area contributed by atoms with Crippen LogP contribution in [-0.4, -0.2) is 64.4 Å². The van der Waals surface area contributed by atoms with E-state index in [9.17, 15) is 4.79 Å². The molecular formula is C16H20ClN5O. The molecule has 4 rings (SSSR count).